The molecular formula is C29H36N2O4. The van der Waals surface area contributed by atoms with Gasteiger partial charge in [0.05, 0.1) is 0 Å². The van der Waals surface area contributed by atoms with Gasteiger partial charge in [-0.2, -0.15) is 0 Å². The summed E-state index contributed by atoms with van der Waals surface area (Å²) in [6.07, 6.45) is 7.92. The summed E-state index contributed by atoms with van der Waals surface area (Å²) in [5, 5.41) is 3.23. The minimum atomic E-state index is -0.586. The molecule has 0 radical (unpaired) electrons. The van der Waals surface area contributed by atoms with E-state index in [4.69, 9.17) is 4.74 Å². The van der Waals surface area contributed by atoms with Crippen molar-refractivity contribution in [2.24, 2.45) is 0 Å². The zero-order valence-corrected chi connectivity index (χ0v) is 21.0. The first-order valence-electron chi connectivity index (χ1n) is 12.4. The van der Waals surface area contributed by atoms with Crippen LogP contribution in [0.15, 0.2) is 60.7 Å². The molecule has 0 heterocycles. The third-order valence-corrected chi connectivity index (χ3v) is 6.43. The molecule has 0 aromatic heterocycles. The molecule has 1 unspecified atom stereocenters. The third-order valence-electron chi connectivity index (χ3n) is 6.43. The van der Waals surface area contributed by atoms with Crippen molar-refractivity contribution in [2.75, 3.05) is 20.2 Å². The standard InChI is InChI=1S/C29H36N2O4/c1-21-9-13-23(14-10-21)26(32)17-18-27(33)35-20-19-31(3)28(24-15-11-22(2)12-16-24)29(34)30-25-7-5-4-6-8-25/h9-18,25,28H,4-8,19-20H2,1-3H3,(H,30,34)/b18-17+. The Morgan fingerprint density at radius 3 is 2.17 bits per heavy atom. The summed E-state index contributed by atoms with van der Waals surface area (Å²) in [6.45, 7) is 4.45. The second-order valence-corrected chi connectivity index (χ2v) is 9.37. The number of rotatable bonds is 10. The van der Waals surface area contributed by atoms with E-state index in [1.54, 1.807) is 12.1 Å². The number of nitrogens with one attached hydrogen (secondary N) is 1. The lowest BCUT2D eigenvalue weighted by Gasteiger charge is -2.30. The molecule has 2 aromatic rings. The van der Waals surface area contributed by atoms with E-state index in [0.29, 0.717) is 12.1 Å². The van der Waals surface area contributed by atoms with Gasteiger partial charge in [-0.3, -0.25) is 14.5 Å². The average molecular weight is 477 g/mol. The largest absolute Gasteiger partial charge is 0.461 e. The Labute approximate surface area is 208 Å². The van der Waals surface area contributed by atoms with Crippen LogP contribution in [0.5, 0.6) is 0 Å². The Balaban J connectivity index is 1.56. The molecule has 1 fully saturated rings. The number of benzene rings is 2. The zero-order chi connectivity index (χ0) is 25.2. The Bertz CT molecular complexity index is 1020. The van der Waals surface area contributed by atoms with Gasteiger partial charge in [0.15, 0.2) is 5.78 Å². The van der Waals surface area contributed by atoms with Crippen LogP contribution in [0.1, 0.15) is 65.2 Å². The summed E-state index contributed by atoms with van der Waals surface area (Å²) >= 11 is 0. The molecule has 2 aromatic carbocycles. The average Bonchev–Trinajstić information content (AvgIpc) is 2.85. The zero-order valence-electron chi connectivity index (χ0n) is 21.0. The summed E-state index contributed by atoms with van der Waals surface area (Å²) in [7, 11) is 1.86. The summed E-state index contributed by atoms with van der Waals surface area (Å²) in [5.41, 5.74) is 3.61. The lowest BCUT2D eigenvalue weighted by Crippen LogP contribution is -2.44. The molecule has 0 spiro atoms. The molecule has 0 bridgehead atoms. The number of likely N-dealkylation sites (N-methyl/N-ethyl adjacent to an activating group) is 1. The van der Waals surface area contributed by atoms with Gasteiger partial charge < -0.3 is 10.1 Å². The predicted molar refractivity (Wildman–Crippen MR) is 137 cm³/mol. The fourth-order valence-corrected chi connectivity index (χ4v) is 4.31. The minimum Gasteiger partial charge on any atom is -0.461 e. The SMILES string of the molecule is Cc1ccc(C(=O)/C=C/C(=O)OCCN(C)C(C(=O)NC2CCCCC2)c2ccc(C)cc2)cc1. The van der Waals surface area contributed by atoms with E-state index in [1.165, 1.54) is 12.5 Å². The van der Waals surface area contributed by atoms with E-state index >= 15 is 0 Å². The number of ketones is 1. The summed E-state index contributed by atoms with van der Waals surface area (Å²) < 4.78 is 5.30. The minimum absolute atomic E-state index is 0.0295. The predicted octanol–water partition coefficient (Wildman–Crippen LogP) is 4.71. The second kappa shape index (κ2) is 13.0. The van der Waals surface area contributed by atoms with Crippen LogP contribution < -0.4 is 5.32 Å². The summed E-state index contributed by atoms with van der Waals surface area (Å²) in [6, 6.07) is 14.8. The molecule has 6 heteroatoms. The van der Waals surface area contributed by atoms with Gasteiger partial charge in [-0.1, -0.05) is 78.9 Å². The van der Waals surface area contributed by atoms with Gasteiger partial charge in [-0.05, 0) is 45.4 Å². The molecule has 6 nitrogen and oxygen atoms in total. The maximum atomic E-state index is 13.3. The number of ether oxygens (including phenoxy) is 1. The van der Waals surface area contributed by atoms with Crippen LogP contribution in [0.25, 0.3) is 0 Å². The van der Waals surface area contributed by atoms with Crippen LogP contribution in [0, 0.1) is 13.8 Å². The number of hydrogen-bond acceptors (Lipinski definition) is 5. The first kappa shape index (κ1) is 26.4. The van der Waals surface area contributed by atoms with Crippen molar-refractivity contribution in [2.45, 2.75) is 58.0 Å². The highest BCUT2D eigenvalue weighted by Gasteiger charge is 2.27. The van der Waals surface area contributed by atoms with Gasteiger partial charge in [0, 0.05) is 24.2 Å². The molecule has 0 aliphatic heterocycles. The molecule has 1 amide bonds. The Morgan fingerprint density at radius 2 is 1.54 bits per heavy atom. The van der Waals surface area contributed by atoms with Crippen LogP contribution in [0.2, 0.25) is 0 Å². The molecule has 1 N–H and O–H groups in total. The van der Waals surface area contributed by atoms with Gasteiger partial charge in [0.2, 0.25) is 5.91 Å². The molecule has 3 rings (SSSR count). The molecule has 35 heavy (non-hydrogen) atoms. The first-order valence-corrected chi connectivity index (χ1v) is 12.4. The summed E-state index contributed by atoms with van der Waals surface area (Å²) in [5.74, 6) is -0.867. The Hall–Kier alpha value is -3.25. The second-order valence-electron chi connectivity index (χ2n) is 9.37. The highest BCUT2D eigenvalue weighted by molar-refractivity contribution is 6.07. The number of amides is 1. The van der Waals surface area contributed by atoms with Crippen molar-refractivity contribution in [3.05, 3.63) is 82.9 Å². The lowest BCUT2D eigenvalue weighted by atomic mass is 9.94. The highest BCUT2D eigenvalue weighted by Crippen LogP contribution is 2.23. The number of carbonyl (C=O) groups excluding carboxylic acids is 3. The van der Waals surface area contributed by atoms with Crippen molar-refractivity contribution < 1.29 is 19.1 Å². The van der Waals surface area contributed by atoms with Crippen molar-refractivity contribution >= 4 is 17.7 Å². The molecule has 0 saturated heterocycles. The fraction of sp³-hybridized carbons (Fsp3) is 0.414. The molecule has 1 aliphatic carbocycles. The topological polar surface area (TPSA) is 75.7 Å². The van der Waals surface area contributed by atoms with E-state index < -0.39 is 12.0 Å². The van der Waals surface area contributed by atoms with E-state index in [1.807, 2.05) is 62.2 Å². The Morgan fingerprint density at radius 1 is 0.943 bits per heavy atom. The number of hydrogen-bond donors (Lipinski definition) is 1. The van der Waals surface area contributed by atoms with Crippen LogP contribution in [0.3, 0.4) is 0 Å². The van der Waals surface area contributed by atoms with E-state index in [0.717, 1.165) is 48.4 Å². The first-order chi connectivity index (χ1) is 16.8. The normalized spacial score (nSPS) is 15.2. The van der Waals surface area contributed by atoms with Crippen molar-refractivity contribution in [3.63, 3.8) is 0 Å². The van der Waals surface area contributed by atoms with Crippen molar-refractivity contribution in [1.29, 1.82) is 0 Å². The molecular weight excluding hydrogens is 440 g/mol. The number of aryl methyl sites for hydroxylation is 2. The van der Waals surface area contributed by atoms with Gasteiger partial charge >= 0.3 is 5.97 Å². The fourth-order valence-electron chi connectivity index (χ4n) is 4.31. The van der Waals surface area contributed by atoms with Gasteiger partial charge in [-0.25, -0.2) is 4.79 Å². The van der Waals surface area contributed by atoms with Crippen molar-refractivity contribution in [3.8, 4) is 0 Å². The Kier molecular flexibility index (Phi) is 9.79. The lowest BCUT2D eigenvalue weighted by molar-refractivity contribution is -0.138. The molecule has 1 aliphatic rings. The summed E-state index contributed by atoms with van der Waals surface area (Å²) in [4.78, 5) is 39.5. The molecule has 186 valence electrons. The number of carbonyl (C=O) groups is 3. The van der Waals surface area contributed by atoms with Gasteiger partial charge in [0.25, 0.3) is 0 Å². The van der Waals surface area contributed by atoms with E-state index in [2.05, 4.69) is 5.32 Å². The highest BCUT2D eigenvalue weighted by atomic mass is 16.5. The third kappa shape index (κ3) is 8.18. The van der Waals surface area contributed by atoms with Crippen molar-refractivity contribution in [1.82, 2.24) is 10.2 Å². The van der Waals surface area contributed by atoms with E-state index in [9.17, 15) is 14.4 Å². The van der Waals surface area contributed by atoms with Crippen LogP contribution in [0.4, 0.5) is 0 Å². The number of esters is 1. The number of nitrogens with zero attached hydrogens (tertiary/aromatic N) is 1. The van der Waals surface area contributed by atoms with Crippen LogP contribution >= 0.6 is 0 Å². The monoisotopic (exact) mass is 476 g/mol. The van der Waals surface area contributed by atoms with Gasteiger partial charge in [0.1, 0.15) is 12.6 Å². The molecule has 1 saturated carbocycles. The smallest absolute Gasteiger partial charge is 0.330 e. The maximum Gasteiger partial charge on any atom is 0.330 e. The van der Waals surface area contributed by atoms with Crippen LogP contribution in [-0.2, 0) is 14.3 Å². The quantitative estimate of drug-likeness (QED) is 0.305. The number of allylic oxidation sites excluding steroid dienone is 1. The van der Waals surface area contributed by atoms with Gasteiger partial charge in [-0.15, -0.1) is 0 Å². The van der Waals surface area contributed by atoms with E-state index in [-0.39, 0.29) is 24.3 Å². The molecule has 1 atom stereocenters. The maximum absolute atomic E-state index is 13.3. The van der Waals surface area contributed by atoms with Crippen LogP contribution in [-0.4, -0.2) is 48.8 Å².